The highest BCUT2D eigenvalue weighted by Crippen LogP contribution is 2.29. The summed E-state index contributed by atoms with van der Waals surface area (Å²) in [4.78, 5) is 13.0. The highest BCUT2D eigenvalue weighted by Gasteiger charge is 2.34. The smallest absolute Gasteiger partial charge is 0.283 e. The highest BCUT2D eigenvalue weighted by molar-refractivity contribution is 9.10. The zero-order valence-electron chi connectivity index (χ0n) is 11.2. The summed E-state index contributed by atoms with van der Waals surface area (Å²) in [5.74, 6) is 0.745. The van der Waals surface area contributed by atoms with Gasteiger partial charge < -0.3 is 5.32 Å². The van der Waals surface area contributed by atoms with Gasteiger partial charge in [0.05, 0.1) is 9.40 Å². The zero-order valence-corrected chi connectivity index (χ0v) is 12.8. The van der Waals surface area contributed by atoms with Crippen LogP contribution in [0.4, 0.5) is 5.69 Å². The number of nitro groups is 1. The zero-order chi connectivity index (χ0) is 14.1. The molecule has 1 N–H and O–H groups in total. The summed E-state index contributed by atoms with van der Waals surface area (Å²) in [6.07, 6.45) is 2.56. The lowest BCUT2D eigenvalue weighted by atomic mass is 9.94. The molecule has 0 spiro atoms. The Hall–Kier alpha value is -0.980. The van der Waals surface area contributed by atoms with Crippen molar-refractivity contribution in [2.75, 3.05) is 19.6 Å². The van der Waals surface area contributed by atoms with Crippen LogP contribution < -0.4 is 5.32 Å². The second-order valence-electron chi connectivity index (χ2n) is 5.70. The molecule has 2 heterocycles. The van der Waals surface area contributed by atoms with E-state index in [9.17, 15) is 10.1 Å². The van der Waals surface area contributed by atoms with Crippen LogP contribution in [-0.4, -0.2) is 35.5 Å². The van der Waals surface area contributed by atoms with E-state index < -0.39 is 0 Å². The van der Waals surface area contributed by atoms with Crippen LogP contribution in [0.5, 0.6) is 0 Å². The van der Waals surface area contributed by atoms with Crippen LogP contribution in [0.1, 0.15) is 18.4 Å². The van der Waals surface area contributed by atoms with Gasteiger partial charge in [-0.15, -0.1) is 0 Å². The van der Waals surface area contributed by atoms with Crippen molar-refractivity contribution in [3.63, 3.8) is 0 Å². The van der Waals surface area contributed by atoms with Gasteiger partial charge in [-0.25, -0.2) is 0 Å². The van der Waals surface area contributed by atoms with Crippen LogP contribution in [-0.2, 0) is 6.54 Å². The first kappa shape index (κ1) is 14.0. The molecular formula is C14H18BrN3O2. The Labute approximate surface area is 126 Å². The summed E-state index contributed by atoms with van der Waals surface area (Å²) < 4.78 is 0.544. The molecule has 0 aromatic heterocycles. The lowest BCUT2D eigenvalue weighted by Gasteiger charge is -2.24. The molecule has 0 saturated carbocycles. The average Bonchev–Trinajstić information content (AvgIpc) is 2.82. The number of nitrogens with zero attached hydrogens (tertiary/aromatic N) is 2. The first-order chi connectivity index (χ1) is 9.63. The van der Waals surface area contributed by atoms with Gasteiger partial charge in [0.15, 0.2) is 0 Å². The lowest BCUT2D eigenvalue weighted by molar-refractivity contribution is -0.385. The predicted molar refractivity (Wildman–Crippen MR) is 80.6 cm³/mol. The number of hydrogen-bond donors (Lipinski definition) is 1. The molecule has 1 aromatic rings. The van der Waals surface area contributed by atoms with Crippen LogP contribution in [0, 0.1) is 16.0 Å². The van der Waals surface area contributed by atoms with Gasteiger partial charge >= 0.3 is 0 Å². The largest absolute Gasteiger partial charge is 0.312 e. The van der Waals surface area contributed by atoms with E-state index in [0.717, 1.165) is 37.7 Å². The minimum absolute atomic E-state index is 0.150. The molecule has 0 aliphatic carbocycles. The molecule has 2 aliphatic rings. The van der Waals surface area contributed by atoms with Crippen molar-refractivity contribution >= 4 is 21.6 Å². The van der Waals surface area contributed by atoms with Gasteiger partial charge in [0.25, 0.3) is 5.69 Å². The Morgan fingerprint density at radius 3 is 3.05 bits per heavy atom. The number of piperidine rings is 1. The first-order valence-electron chi connectivity index (χ1n) is 7.02. The fourth-order valence-electron chi connectivity index (χ4n) is 3.32. The van der Waals surface area contributed by atoms with Gasteiger partial charge in [-0.3, -0.25) is 15.0 Å². The van der Waals surface area contributed by atoms with E-state index in [4.69, 9.17) is 0 Å². The van der Waals surface area contributed by atoms with E-state index in [1.165, 1.54) is 12.8 Å². The summed E-state index contributed by atoms with van der Waals surface area (Å²) in [5, 5.41) is 14.5. The van der Waals surface area contributed by atoms with Crippen molar-refractivity contribution < 1.29 is 4.92 Å². The van der Waals surface area contributed by atoms with E-state index in [1.807, 2.05) is 6.07 Å². The van der Waals surface area contributed by atoms with Crippen LogP contribution >= 0.6 is 15.9 Å². The van der Waals surface area contributed by atoms with E-state index in [0.29, 0.717) is 10.5 Å². The summed E-state index contributed by atoms with van der Waals surface area (Å²) in [5.41, 5.74) is 1.16. The minimum atomic E-state index is -0.334. The lowest BCUT2D eigenvalue weighted by Crippen LogP contribution is -2.40. The number of rotatable bonds is 3. The highest BCUT2D eigenvalue weighted by atomic mass is 79.9. The summed E-state index contributed by atoms with van der Waals surface area (Å²) >= 11 is 3.23. The van der Waals surface area contributed by atoms with Crippen molar-refractivity contribution in [1.82, 2.24) is 10.2 Å². The molecule has 0 amide bonds. The number of likely N-dealkylation sites (tertiary alicyclic amines) is 1. The second kappa shape index (κ2) is 5.79. The van der Waals surface area contributed by atoms with Gasteiger partial charge in [-0.1, -0.05) is 6.07 Å². The van der Waals surface area contributed by atoms with Crippen molar-refractivity contribution in [1.29, 1.82) is 0 Å². The van der Waals surface area contributed by atoms with Crippen molar-refractivity contribution in [2.45, 2.75) is 25.4 Å². The number of benzene rings is 1. The van der Waals surface area contributed by atoms with Crippen LogP contribution in [0.15, 0.2) is 22.7 Å². The Morgan fingerprint density at radius 1 is 1.45 bits per heavy atom. The summed E-state index contributed by atoms with van der Waals surface area (Å²) in [6, 6.07) is 6.02. The predicted octanol–water partition coefficient (Wildman–Crippen LogP) is 2.54. The summed E-state index contributed by atoms with van der Waals surface area (Å²) in [7, 11) is 0. The molecule has 6 heteroatoms. The number of hydrogen-bond acceptors (Lipinski definition) is 4. The molecule has 108 valence electrons. The number of nitrogens with one attached hydrogen (secondary N) is 1. The summed E-state index contributed by atoms with van der Waals surface area (Å²) in [6.45, 7) is 4.07. The topological polar surface area (TPSA) is 58.4 Å². The quantitative estimate of drug-likeness (QED) is 0.679. The van der Waals surface area contributed by atoms with Gasteiger partial charge in [0.2, 0.25) is 0 Å². The molecule has 1 aromatic carbocycles. The van der Waals surface area contributed by atoms with E-state index in [1.54, 1.807) is 12.1 Å². The molecule has 0 radical (unpaired) electrons. The maximum atomic E-state index is 11.0. The fraction of sp³-hybridized carbons (Fsp3) is 0.571. The standard InChI is InChI=1S/C14H18BrN3O2/c15-12-4-3-10(6-14(12)18(19)20)7-17-8-11-2-1-5-16-13(11)9-17/h3-4,6,11,13,16H,1-2,5,7-9H2. The van der Waals surface area contributed by atoms with Gasteiger partial charge in [-0.2, -0.15) is 0 Å². The SMILES string of the molecule is O=[N+]([O-])c1cc(CN2CC3CCCNC3C2)ccc1Br. The Kier molecular flexibility index (Phi) is 4.05. The third kappa shape index (κ3) is 2.87. The van der Waals surface area contributed by atoms with E-state index in [2.05, 4.69) is 26.1 Å². The van der Waals surface area contributed by atoms with Crippen molar-refractivity contribution in [3.05, 3.63) is 38.3 Å². The van der Waals surface area contributed by atoms with E-state index in [-0.39, 0.29) is 10.6 Å². The van der Waals surface area contributed by atoms with Gasteiger partial charge in [0.1, 0.15) is 0 Å². The molecule has 2 saturated heterocycles. The number of nitro benzene ring substituents is 1. The molecule has 2 atom stereocenters. The Morgan fingerprint density at radius 2 is 2.30 bits per heavy atom. The van der Waals surface area contributed by atoms with E-state index >= 15 is 0 Å². The fourth-order valence-corrected chi connectivity index (χ4v) is 3.71. The molecule has 3 rings (SSSR count). The number of fused-ring (bicyclic) bond motifs is 1. The molecule has 0 bridgehead atoms. The third-order valence-corrected chi connectivity index (χ3v) is 4.96. The Balaban J connectivity index is 1.69. The third-order valence-electron chi connectivity index (χ3n) is 4.29. The van der Waals surface area contributed by atoms with Crippen LogP contribution in [0.3, 0.4) is 0 Å². The average molecular weight is 340 g/mol. The van der Waals surface area contributed by atoms with Crippen molar-refractivity contribution in [3.8, 4) is 0 Å². The molecule has 2 fully saturated rings. The maximum Gasteiger partial charge on any atom is 0.283 e. The normalized spacial score (nSPS) is 26.4. The molecule has 2 unspecified atom stereocenters. The first-order valence-corrected chi connectivity index (χ1v) is 7.81. The van der Waals surface area contributed by atoms with Crippen molar-refractivity contribution in [2.24, 2.45) is 5.92 Å². The second-order valence-corrected chi connectivity index (χ2v) is 6.55. The molecular weight excluding hydrogens is 322 g/mol. The monoisotopic (exact) mass is 339 g/mol. The van der Waals surface area contributed by atoms with Crippen LogP contribution in [0.2, 0.25) is 0 Å². The maximum absolute atomic E-state index is 11.0. The van der Waals surface area contributed by atoms with Gasteiger partial charge in [-0.05, 0) is 52.9 Å². The van der Waals surface area contributed by atoms with Gasteiger partial charge in [0, 0.05) is 31.7 Å². The van der Waals surface area contributed by atoms with Crippen LogP contribution in [0.25, 0.3) is 0 Å². The molecule has 5 nitrogen and oxygen atoms in total. The minimum Gasteiger partial charge on any atom is -0.312 e. The Bertz CT molecular complexity index is 509. The molecule has 20 heavy (non-hydrogen) atoms. The number of halogens is 1. The molecule has 2 aliphatic heterocycles.